The van der Waals surface area contributed by atoms with Crippen LogP contribution in [0.3, 0.4) is 0 Å². The predicted molar refractivity (Wildman–Crippen MR) is 68.3 cm³/mol. The molecular weight excluding hydrogens is 320 g/mol. The second-order valence-corrected chi connectivity index (χ2v) is 4.91. The van der Waals surface area contributed by atoms with Gasteiger partial charge in [0.1, 0.15) is 18.8 Å². The molecule has 1 saturated heterocycles. The maximum atomic E-state index is 12.3. The topological polar surface area (TPSA) is 42.3 Å². The summed E-state index contributed by atoms with van der Waals surface area (Å²) in [7, 11) is 0. The average molecular weight is 331 g/mol. The van der Waals surface area contributed by atoms with Crippen LogP contribution < -0.4 is 10.2 Å². The molecular formula is C10H11Cl2F3N4O. The summed E-state index contributed by atoms with van der Waals surface area (Å²) in [6.07, 6.45) is -1.84. The number of nitrogens with one attached hydrogen (secondary N) is 1. The molecule has 0 spiro atoms. The van der Waals surface area contributed by atoms with E-state index in [1.807, 2.05) is 0 Å². The Morgan fingerprint density at radius 2 is 2.20 bits per heavy atom. The second-order valence-electron chi connectivity index (χ2n) is 4.10. The minimum atomic E-state index is -4.34. The van der Waals surface area contributed by atoms with E-state index in [2.05, 4.69) is 17.0 Å². The fraction of sp³-hybridized carbons (Fsp3) is 0.500. The minimum Gasteiger partial charge on any atom is -0.348 e. The molecule has 0 amide bonds. The Hall–Kier alpha value is -1.12. The standard InChI is InChI=1S/C10H11Cl2F3N4O/c1-6-8(11)19(5-20-9(12)17-6)7-2-16-18(3-7)4-10(13,14)15/h2-3,8-9,17H,1,4-5H2. The molecule has 2 heterocycles. The van der Waals surface area contributed by atoms with Gasteiger partial charge in [-0.25, -0.2) is 0 Å². The van der Waals surface area contributed by atoms with E-state index < -0.39 is 23.9 Å². The summed E-state index contributed by atoms with van der Waals surface area (Å²) in [5.74, 6) is 0. The van der Waals surface area contributed by atoms with Crippen molar-refractivity contribution in [3.05, 3.63) is 24.7 Å². The van der Waals surface area contributed by atoms with Crippen LogP contribution in [0.5, 0.6) is 0 Å². The van der Waals surface area contributed by atoms with Crippen LogP contribution in [0.4, 0.5) is 18.9 Å². The molecule has 20 heavy (non-hydrogen) atoms. The highest BCUT2D eigenvalue weighted by Gasteiger charge is 2.30. The molecule has 0 saturated carbocycles. The van der Waals surface area contributed by atoms with Gasteiger partial charge in [0.2, 0.25) is 5.69 Å². The monoisotopic (exact) mass is 330 g/mol. The van der Waals surface area contributed by atoms with Gasteiger partial charge in [0.25, 0.3) is 0 Å². The average Bonchev–Trinajstić information content (AvgIpc) is 2.69. The lowest BCUT2D eigenvalue weighted by molar-refractivity contribution is -0.142. The number of aromatic nitrogens is 2. The van der Waals surface area contributed by atoms with Gasteiger partial charge < -0.3 is 15.0 Å². The molecule has 1 aliphatic rings. The maximum Gasteiger partial charge on any atom is 0.408 e. The van der Waals surface area contributed by atoms with E-state index >= 15 is 0 Å². The highest BCUT2D eigenvalue weighted by atomic mass is 35.5. The molecule has 0 radical (unpaired) electrons. The largest absolute Gasteiger partial charge is 0.408 e. The fourth-order valence-electron chi connectivity index (χ4n) is 1.63. The molecule has 1 fully saturated rings. The molecule has 2 unspecified atom stereocenters. The Labute approximate surface area is 122 Å². The fourth-order valence-corrected chi connectivity index (χ4v) is 2.06. The van der Waals surface area contributed by atoms with Gasteiger partial charge in [0.05, 0.1) is 11.9 Å². The van der Waals surface area contributed by atoms with Crippen molar-refractivity contribution in [1.29, 1.82) is 0 Å². The van der Waals surface area contributed by atoms with Crippen LogP contribution in [0.2, 0.25) is 0 Å². The van der Waals surface area contributed by atoms with Gasteiger partial charge in [-0.05, 0) is 0 Å². The molecule has 0 aliphatic carbocycles. The summed E-state index contributed by atoms with van der Waals surface area (Å²) >= 11 is 11.9. The number of hydrogen-bond acceptors (Lipinski definition) is 4. The molecule has 1 aromatic rings. The number of nitrogens with zero attached hydrogens (tertiary/aromatic N) is 3. The molecule has 5 nitrogen and oxygen atoms in total. The molecule has 1 N–H and O–H groups in total. The van der Waals surface area contributed by atoms with Gasteiger partial charge in [-0.1, -0.05) is 29.8 Å². The molecule has 10 heteroatoms. The van der Waals surface area contributed by atoms with Gasteiger partial charge in [0.15, 0.2) is 0 Å². The SMILES string of the molecule is C=C1NC(Cl)OCN(c2cnn(CC(F)(F)F)c2)C1Cl. The number of rotatable bonds is 2. The van der Waals surface area contributed by atoms with E-state index in [-0.39, 0.29) is 6.73 Å². The summed E-state index contributed by atoms with van der Waals surface area (Å²) < 4.78 is 42.8. The third-order valence-electron chi connectivity index (χ3n) is 2.51. The lowest BCUT2D eigenvalue weighted by Gasteiger charge is -2.25. The van der Waals surface area contributed by atoms with E-state index in [1.54, 1.807) is 0 Å². The van der Waals surface area contributed by atoms with Gasteiger partial charge in [0, 0.05) is 11.9 Å². The molecule has 1 aliphatic heterocycles. The van der Waals surface area contributed by atoms with Gasteiger partial charge in [-0.15, -0.1) is 0 Å². The van der Waals surface area contributed by atoms with Crippen molar-refractivity contribution >= 4 is 28.9 Å². The maximum absolute atomic E-state index is 12.3. The summed E-state index contributed by atoms with van der Waals surface area (Å²) in [4.78, 5) is 1.49. The molecule has 112 valence electrons. The van der Waals surface area contributed by atoms with E-state index in [0.717, 1.165) is 4.68 Å². The van der Waals surface area contributed by atoms with Crippen molar-refractivity contribution in [1.82, 2.24) is 15.1 Å². The quantitative estimate of drug-likeness (QED) is 0.668. The summed E-state index contributed by atoms with van der Waals surface area (Å²) in [6, 6.07) is 0. The first-order valence-electron chi connectivity index (χ1n) is 5.47. The lowest BCUT2D eigenvalue weighted by atomic mass is 10.4. The zero-order chi connectivity index (χ0) is 14.9. The zero-order valence-electron chi connectivity index (χ0n) is 10.1. The predicted octanol–water partition coefficient (Wildman–Crippen LogP) is 2.43. The van der Waals surface area contributed by atoms with Crippen LogP contribution in [0.15, 0.2) is 24.7 Å². The van der Waals surface area contributed by atoms with E-state index in [0.29, 0.717) is 11.4 Å². The first-order valence-corrected chi connectivity index (χ1v) is 6.34. The number of halogens is 5. The van der Waals surface area contributed by atoms with Crippen molar-refractivity contribution in [2.75, 3.05) is 11.6 Å². The smallest absolute Gasteiger partial charge is 0.348 e. The Morgan fingerprint density at radius 1 is 1.50 bits per heavy atom. The minimum absolute atomic E-state index is 0.00787. The van der Waals surface area contributed by atoms with Crippen LogP contribution in [0.1, 0.15) is 0 Å². The van der Waals surface area contributed by atoms with Gasteiger partial charge in [-0.2, -0.15) is 18.3 Å². The Bertz CT molecular complexity index is 493. The molecule has 2 rings (SSSR count). The van der Waals surface area contributed by atoms with Crippen molar-refractivity contribution in [3.8, 4) is 0 Å². The summed E-state index contributed by atoms with van der Waals surface area (Å²) in [5.41, 5.74) is -0.767. The second kappa shape index (κ2) is 5.71. The first-order chi connectivity index (χ1) is 9.26. The van der Waals surface area contributed by atoms with Crippen LogP contribution in [-0.2, 0) is 11.3 Å². The Kier molecular flexibility index (Phi) is 4.36. The van der Waals surface area contributed by atoms with Crippen LogP contribution in [-0.4, -0.2) is 33.9 Å². The van der Waals surface area contributed by atoms with Crippen molar-refractivity contribution in [2.24, 2.45) is 0 Å². The van der Waals surface area contributed by atoms with Gasteiger partial charge >= 0.3 is 6.18 Å². The molecule has 2 atom stereocenters. The normalized spacial score (nSPS) is 24.4. The Morgan fingerprint density at radius 3 is 2.85 bits per heavy atom. The highest BCUT2D eigenvalue weighted by Crippen LogP contribution is 2.26. The number of hydrogen-bond donors (Lipinski definition) is 1. The third kappa shape index (κ3) is 3.71. The zero-order valence-corrected chi connectivity index (χ0v) is 11.6. The summed E-state index contributed by atoms with van der Waals surface area (Å²) in [5, 5.41) is 6.35. The van der Waals surface area contributed by atoms with Crippen molar-refractivity contribution in [3.63, 3.8) is 0 Å². The summed E-state index contributed by atoms with van der Waals surface area (Å²) in [6.45, 7) is 2.51. The van der Waals surface area contributed by atoms with Crippen LogP contribution in [0, 0.1) is 0 Å². The van der Waals surface area contributed by atoms with Crippen LogP contribution in [0.25, 0.3) is 0 Å². The van der Waals surface area contributed by atoms with E-state index in [9.17, 15) is 13.2 Å². The van der Waals surface area contributed by atoms with Crippen LogP contribution >= 0.6 is 23.2 Å². The first kappa shape index (κ1) is 15.3. The van der Waals surface area contributed by atoms with Gasteiger partial charge in [-0.3, -0.25) is 4.68 Å². The number of anilines is 1. The Balaban J connectivity index is 2.16. The van der Waals surface area contributed by atoms with E-state index in [4.69, 9.17) is 27.9 Å². The lowest BCUT2D eigenvalue weighted by Crippen LogP contribution is -2.33. The molecule has 0 bridgehead atoms. The molecule has 1 aromatic heterocycles. The van der Waals surface area contributed by atoms with E-state index in [1.165, 1.54) is 17.3 Å². The van der Waals surface area contributed by atoms with Crippen molar-refractivity contribution < 1.29 is 17.9 Å². The highest BCUT2D eigenvalue weighted by molar-refractivity contribution is 6.24. The van der Waals surface area contributed by atoms with Crippen molar-refractivity contribution in [2.45, 2.75) is 23.9 Å². The number of alkyl halides is 5. The third-order valence-corrected chi connectivity index (χ3v) is 3.25. The molecule has 0 aromatic carbocycles. The number of ether oxygens (including phenoxy) is 1.